The zero-order chi connectivity index (χ0) is 16.7. The molecule has 0 heterocycles. The Balaban J connectivity index is 2.12. The lowest BCUT2D eigenvalue weighted by molar-refractivity contribution is -0.382. The smallest absolute Gasteiger partial charge is 0.258 e. The molecule has 6 aromatic carbocycles. The second-order valence-electron chi connectivity index (χ2n) is 6.61. The first-order valence-electron chi connectivity index (χ1n) is 8.23. The molecule has 0 radical (unpaired) electrons. The van der Waals surface area contributed by atoms with Crippen molar-refractivity contribution in [1.82, 2.24) is 0 Å². The van der Waals surface area contributed by atoms with Crippen LogP contribution in [0.4, 0.5) is 5.69 Å². The summed E-state index contributed by atoms with van der Waals surface area (Å²) >= 11 is 0. The maximum atomic E-state index is 11.6. The second kappa shape index (κ2) is 4.14. The quantitative estimate of drug-likeness (QED) is 0.156. The van der Waals surface area contributed by atoms with Crippen LogP contribution < -0.4 is 0 Å². The minimum Gasteiger partial charge on any atom is -0.258 e. The first-order chi connectivity index (χ1) is 12.2. The molecule has 0 aliphatic heterocycles. The van der Waals surface area contributed by atoms with Gasteiger partial charge in [-0.3, -0.25) is 10.1 Å². The highest BCUT2D eigenvalue weighted by Gasteiger charge is 2.21. The van der Waals surface area contributed by atoms with Crippen LogP contribution in [-0.2, 0) is 0 Å². The van der Waals surface area contributed by atoms with Gasteiger partial charge >= 0.3 is 0 Å². The fourth-order valence-corrected chi connectivity index (χ4v) is 4.46. The lowest BCUT2D eigenvalue weighted by Gasteiger charge is -2.17. The van der Waals surface area contributed by atoms with Gasteiger partial charge in [0, 0.05) is 11.5 Å². The average Bonchev–Trinajstić information content (AvgIpc) is 2.65. The maximum absolute atomic E-state index is 11.6. The molecular weight excluding hydrogens is 310 g/mol. The zero-order valence-corrected chi connectivity index (χ0v) is 13.1. The number of nitrogens with zero attached hydrogens (tertiary/aromatic N) is 1. The van der Waals surface area contributed by atoms with Gasteiger partial charge in [0.15, 0.2) is 0 Å². The van der Waals surface area contributed by atoms with Crippen molar-refractivity contribution in [2.24, 2.45) is 0 Å². The summed E-state index contributed by atoms with van der Waals surface area (Å²) in [6.45, 7) is 0. The molecule has 25 heavy (non-hydrogen) atoms. The summed E-state index contributed by atoms with van der Waals surface area (Å²) < 4.78 is 0. The standard InChI is InChI=1S/C22H11NO2/c24-23(25)18-11-14-10-9-13-8-7-12-3-1-4-15-16-5-2-6-17(18)22(16)21(14)20(13)19(12)15/h1-11H. The van der Waals surface area contributed by atoms with E-state index in [0.717, 1.165) is 26.9 Å². The summed E-state index contributed by atoms with van der Waals surface area (Å²) in [6, 6.07) is 22.3. The highest BCUT2D eigenvalue weighted by atomic mass is 16.6. The van der Waals surface area contributed by atoms with Crippen molar-refractivity contribution in [1.29, 1.82) is 0 Å². The van der Waals surface area contributed by atoms with Crippen LogP contribution in [0.15, 0.2) is 66.7 Å². The normalized spacial score (nSPS) is 12.3. The summed E-state index contributed by atoms with van der Waals surface area (Å²) in [5, 5.41) is 22.5. The Morgan fingerprint density at radius 1 is 0.600 bits per heavy atom. The van der Waals surface area contributed by atoms with Crippen molar-refractivity contribution in [2.75, 3.05) is 0 Å². The van der Waals surface area contributed by atoms with Crippen molar-refractivity contribution in [2.45, 2.75) is 0 Å². The predicted octanol–water partition coefficient (Wildman–Crippen LogP) is 6.24. The molecule has 0 N–H and O–H groups in total. The molecule has 0 fully saturated rings. The van der Waals surface area contributed by atoms with Crippen LogP contribution in [0, 0.1) is 10.1 Å². The number of nitro benzene ring substituents is 1. The van der Waals surface area contributed by atoms with Gasteiger partial charge < -0.3 is 0 Å². The molecule has 3 heteroatoms. The van der Waals surface area contributed by atoms with Gasteiger partial charge in [-0.1, -0.05) is 54.6 Å². The summed E-state index contributed by atoms with van der Waals surface area (Å²) in [6.07, 6.45) is 0. The Hall–Kier alpha value is -3.46. The van der Waals surface area contributed by atoms with Crippen LogP contribution in [0.25, 0.3) is 53.9 Å². The number of hydrogen-bond acceptors (Lipinski definition) is 2. The minimum atomic E-state index is -0.274. The number of hydrogen-bond donors (Lipinski definition) is 0. The highest BCUT2D eigenvalue weighted by Crippen LogP contribution is 2.46. The third-order valence-electron chi connectivity index (χ3n) is 5.43. The van der Waals surface area contributed by atoms with E-state index in [1.165, 1.54) is 21.5 Å². The van der Waals surface area contributed by atoms with Gasteiger partial charge in [-0.05, 0) is 49.2 Å². The Labute approximate surface area is 141 Å². The van der Waals surface area contributed by atoms with Gasteiger partial charge in [-0.25, -0.2) is 0 Å². The Kier molecular flexibility index (Phi) is 2.13. The van der Waals surface area contributed by atoms with E-state index < -0.39 is 0 Å². The van der Waals surface area contributed by atoms with E-state index in [0.29, 0.717) is 5.39 Å². The van der Waals surface area contributed by atoms with Crippen LogP contribution in [0.1, 0.15) is 0 Å². The monoisotopic (exact) mass is 321 g/mol. The first kappa shape index (κ1) is 12.9. The molecule has 0 atom stereocenters. The van der Waals surface area contributed by atoms with E-state index in [2.05, 4.69) is 42.5 Å². The lowest BCUT2D eigenvalue weighted by atomic mass is 9.85. The Morgan fingerprint density at radius 3 is 1.92 bits per heavy atom. The fraction of sp³-hybridized carbons (Fsp3) is 0. The number of non-ortho nitro benzene ring substituents is 1. The van der Waals surface area contributed by atoms with Gasteiger partial charge in [0.25, 0.3) is 5.69 Å². The number of benzene rings is 6. The van der Waals surface area contributed by atoms with E-state index in [9.17, 15) is 10.1 Å². The molecule has 116 valence electrons. The van der Waals surface area contributed by atoms with Crippen LogP contribution in [0.5, 0.6) is 0 Å². The molecule has 3 nitrogen and oxygen atoms in total. The molecule has 0 amide bonds. The fourth-order valence-electron chi connectivity index (χ4n) is 4.46. The largest absolute Gasteiger partial charge is 0.277 e. The average molecular weight is 321 g/mol. The van der Waals surface area contributed by atoms with E-state index in [1.807, 2.05) is 18.2 Å². The van der Waals surface area contributed by atoms with Gasteiger partial charge in [-0.2, -0.15) is 0 Å². The van der Waals surface area contributed by atoms with Gasteiger partial charge in [0.2, 0.25) is 0 Å². The lowest BCUT2D eigenvalue weighted by Crippen LogP contribution is -1.94. The number of rotatable bonds is 1. The highest BCUT2D eigenvalue weighted by molar-refractivity contribution is 6.40. The zero-order valence-electron chi connectivity index (χ0n) is 13.1. The number of nitro groups is 1. The van der Waals surface area contributed by atoms with Crippen molar-refractivity contribution < 1.29 is 4.92 Å². The molecular formula is C22H11NO2. The molecule has 6 aromatic rings. The molecule has 0 aliphatic rings. The molecule has 0 unspecified atom stereocenters. The molecule has 0 saturated heterocycles. The molecule has 0 saturated carbocycles. The number of fused-ring (bicyclic) bond motifs is 1. The minimum absolute atomic E-state index is 0.176. The summed E-state index contributed by atoms with van der Waals surface area (Å²) in [5.41, 5.74) is 0.176. The molecule has 0 spiro atoms. The van der Waals surface area contributed by atoms with E-state index >= 15 is 0 Å². The van der Waals surface area contributed by atoms with E-state index in [-0.39, 0.29) is 10.6 Å². The van der Waals surface area contributed by atoms with Crippen LogP contribution in [-0.4, -0.2) is 4.92 Å². The third kappa shape index (κ3) is 1.42. The SMILES string of the molecule is O=[N+]([O-])c1cc2ccc3ccc4cccc5c6cccc1c6c2c3c45. The third-order valence-corrected chi connectivity index (χ3v) is 5.43. The van der Waals surface area contributed by atoms with Gasteiger partial charge in [0.05, 0.1) is 10.3 Å². The van der Waals surface area contributed by atoms with E-state index in [4.69, 9.17) is 0 Å². The molecule has 0 aromatic heterocycles. The van der Waals surface area contributed by atoms with Crippen molar-refractivity contribution in [3.8, 4) is 0 Å². The molecule has 0 aliphatic carbocycles. The second-order valence-corrected chi connectivity index (χ2v) is 6.61. The predicted molar refractivity (Wildman–Crippen MR) is 103 cm³/mol. The first-order valence-corrected chi connectivity index (χ1v) is 8.23. The van der Waals surface area contributed by atoms with Crippen molar-refractivity contribution in [3.63, 3.8) is 0 Å². The van der Waals surface area contributed by atoms with E-state index in [1.54, 1.807) is 6.07 Å². The van der Waals surface area contributed by atoms with Crippen molar-refractivity contribution in [3.05, 3.63) is 76.8 Å². The Morgan fingerprint density at radius 2 is 1.16 bits per heavy atom. The summed E-state index contributed by atoms with van der Waals surface area (Å²) in [4.78, 5) is 11.4. The van der Waals surface area contributed by atoms with Crippen molar-refractivity contribution >= 4 is 59.5 Å². The Bertz CT molecular complexity index is 1470. The van der Waals surface area contributed by atoms with Gasteiger partial charge in [-0.15, -0.1) is 0 Å². The van der Waals surface area contributed by atoms with Crippen LogP contribution >= 0.6 is 0 Å². The van der Waals surface area contributed by atoms with Crippen LogP contribution in [0.2, 0.25) is 0 Å². The van der Waals surface area contributed by atoms with Crippen LogP contribution in [0.3, 0.4) is 0 Å². The van der Waals surface area contributed by atoms with Gasteiger partial charge in [0.1, 0.15) is 0 Å². The maximum Gasteiger partial charge on any atom is 0.277 e. The molecule has 6 rings (SSSR count). The molecule has 0 bridgehead atoms. The topological polar surface area (TPSA) is 43.1 Å². The summed E-state index contributed by atoms with van der Waals surface area (Å²) in [5.74, 6) is 0. The summed E-state index contributed by atoms with van der Waals surface area (Å²) in [7, 11) is 0.